The number of aromatic nitrogens is 1. The van der Waals surface area contributed by atoms with Gasteiger partial charge in [0, 0.05) is 17.7 Å². The van der Waals surface area contributed by atoms with Gasteiger partial charge in [-0.1, -0.05) is 0 Å². The van der Waals surface area contributed by atoms with Crippen molar-refractivity contribution in [1.82, 2.24) is 4.98 Å². The SMILES string of the molecule is COc1cc(C(=O)Nc2ccc(F)nc2)ccc1[N+](=O)[O-]. The van der Waals surface area contributed by atoms with Gasteiger partial charge in [-0.2, -0.15) is 4.39 Å². The van der Waals surface area contributed by atoms with Crippen LogP contribution in [0, 0.1) is 16.1 Å². The van der Waals surface area contributed by atoms with Crippen molar-refractivity contribution in [3.63, 3.8) is 0 Å². The van der Waals surface area contributed by atoms with Crippen molar-refractivity contribution >= 4 is 17.3 Å². The number of methoxy groups -OCH3 is 1. The van der Waals surface area contributed by atoms with Crippen LogP contribution in [-0.2, 0) is 0 Å². The molecule has 21 heavy (non-hydrogen) atoms. The van der Waals surface area contributed by atoms with Gasteiger partial charge in [0.1, 0.15) is 0 Å². The zero-order chi connectivity index (χ0) is 15.4. The average Bonchev–Trinajstić information content (AvgIpc) is 2.48. The van der Waals surface area contributed by atoms with E-state index >= 15 is 0 Å². The van der Waals surface area contributed by atoms with Gasteiger partial charge in [0.05, 0.1) is 23.9 Å². The number of nitro benzene ring substituents is 1. The number of nitrogens with one attached hydrogen (secondary N) is 1. The maximum atomic E-state index is 12.7. The zero-order valence-corrected chi connectivity index (χ0v) is 10.9. The van der Waals surface area contributed by atoms with Crippen LogP contribution in [0.4, 0.5) is 15.8 Å². The van der Waals surface area contributed by atoms with Crippen LogP contribution in [0.5, 0.6) is 5.75 Å². The standard InChI is InChI=1S/C13H10FN3O4/c1-21-11-6-8(2-4-10(11)17(19)20)13(18)16-9-3-5-12(14)15-7-9/h2-7H,1H3,(H,16,18). The predicted molar refractivity (Wildman–Crippen MR) is 71.8 cm³/mol. The van der Waals surface area contributed by atoms with Crippen molar-refractivity contribution in [3.05, 3.63) is 58.2 Å². The second kappa shape index (κ2) is 5.95. The lowest BCUT2D eigenvalue weighted by Crippen LogP contribution is -2.12. The second-order valence-electron chi connectivity index (χ2n) is 3.97. The van der Waals surface area contributed by atoms with E-state index in [1.807, 2.05) is 0 Å². The fourth-order valence-corrected chi connectivity index (χ4v) is 1.62. The summed E-state index contributed by atoms with van der Waals surface area (Å²) in [6.07, 6.45) is 1.16. The lowest BCUT2D eigenvalue weighted by atomic mass is 10.1. The van der Waals surface area contributed by atoms with E-state index in [-0.39, 0.29) is 17.0 Å². The number of pyridine rings is 1. The molecule has 0 bridgehead atoms. The van der Waals surface area contributed by atoms with E-state index in [4.69, 9.17) is 4.74 Å². The molecule has 1 aromatic heterocycles. The van der Waals surface area contributed by atoms with Crippen molar-refractivity contribution in [2.45, 2.75) is 0 Å². The van der Waals surface area contributed by atoms with Gasteiger partial charge in [-0.05, 0) is 18.2 Å². The number of nitrogens with zero attached hydrogens (tertiary/aromatic N) is 2. The van der Waals surface area contributed by atoms with Gasteiger partial charge in [0.15, 0.2) is 5.75 Å². The zero-order valence-electron chi connectivity index (χ0n) is 10.9. The molecule has 1 N–H and O–H groups in total. The third-order valence-corrected chi connectivity index (χ3v) is 2.62. The van der Waals surface area contributed by atoms with Crippen molar-refractivity contribution in [1.29, 1.82) is 0 Å². The van der Waals surface area contributed by atoms with Crippen molar-refractivity contribution < 1.29 is 18.8 Å². The predicted octanol–water partition coefficient (Wildman–Crippen LogP) is 2.39. The summed E-state index contributed by atoms with van der Waals surface area (Å²) in [4.78, 5) is 25.6. The Balaban J connectivity index is 2.23. The topological polar surface area (TPSA) is 94.4 Å². The Labute approximate surface area is 118 Å². The normalized spacial score (nSPS) is 10.0. The first kappa shape index (κ1) is 14.4. The summed E-state index contributed by atoms with van der Waals surface area (Å²) in [5.41, 5.74) is 0.234. The molecule has 2 aromatic rings. The molecule has 0 spiro atoms. The molecule has 0 aliphatic heterocycles. The third kappa shape index (κ3) is 3.30. The Morgan fingerprint density at radius 2 is 2.14 bits per heavy atom. The molecule has 0 fully saturated rings. The Bertz CT molecular complexity index is 688. The third-order valence-electron chi connectivity index (χ3n) is 2.62. The summed E-state index contributed by atoms with van der Waals surface area (Å²) in [5.74, 6) is -1.20. The molecular weight excluding hydrogens is 281 g/mol. The Kier molecular flexibility index (Phi) is 4.07. The quantitative estimate of drug-likeness (QED) is 0.530. The number of ether oxygens (including phenoxy) is 1. The maximum absolute atomic E-state index is 12.7. The van der Waals surface area contributed by atoms with Crippen LogP contribution >= 0.6 is 0 Å². The van der Waals surface area contributed by atoms with Crippen LogP contribution in [0.2, 0.25) is 0 Å². The lowest BCUT2D eigenvalue weighted by Gasteiger charge is -2.07. The smallest absolute Gasteiger partial charge is 0.310 e. The van der Waals surface area contributed by atoms with Crippen LogP contribution in [-0.4, -0.2) is 22.9 Å². The Morgan fingerprint density at radius 3 is 2.71 bits per heavy atom. The molecule has 1 amide bonds. The maximum Gasteiger partial charge on any atom is 0.310 e. The minimum atomic E-state index is -0.662. The van der Waals surface area contributed by atoms with E-state index in [1.165, 1.54) is 31.4 Å². The fourth-order valence-electron chi connectivity index (χ4n) is 1.62. The fraction of sp³-hybridized carbons (Fsp3) is 0.0769. The van der Waals surface area contributed by atoms with Gasteiger partial charge < -0.3 is 10.1 Å². The molecule has 7 nitrogen and oxygen atoms in total. The number of benzene rings is 1. The number of anilines is 1. The molecule has 0 aliphatic carbocycles. The monoisotopic (exact) mass is 291 g/mol. The van der Waals surface area contributed by atoms with Crippen LogP contribution in [0.3, 0.4) is 0 Å². The highest BCUT2D eigenvalue weighted by Crippen LogP contribution is 2.27. The first-order chi connectivity index (χ1) is 10.0. The average molecular weight is 291 g/mol. The first-order valence-corrected chi connectivity index (χ1v) is 5.76. The minimum absolute atomic E-state index is 0.0233. The number of hydrogen-bond acceptors (Lipinski definition) is 5. The highest BCUT2D eigenvalue weighted by molar-refractivity contribution is 6.04. The molecular formula is C13H10FN3O4. The van der Waals surface area contributed by atoms with E-state index < -0.39 is 16.8 Å². The minimum Gasteiger partial charge on any atom is -0.490 e. The molecule has 0 radical (unpaired) electrons. The molecule has 8 heteroatoms. The molecule has 108 valence electrons. The number of halogens is 1. The second-order valence-corrected chi connectivity index (χ2v) is 3.97. The van der Waals surface area contributed by atoms with Crippen LogP contribution in [0.15, 0.2) is 36.5 Å². The summed E-state index contributed by atoms with van der Waals surface area (Å²) in [5, 5.41) is 13.3. The van der Waals surface area contributed by atoms with E-state index in [0.29, 0.717) is 5.69 Å². The van der Waals surface area contributed by atoms with E-state index in [0.717, 1.165) is 12.3 Å². The van der Waals surface area contributed by atoms with Gasteiger partial charge in [-0.25, -0.2) is 4.98 Å². The number of carbonyl (C=O) groups excluding carboxylic acids is 1. The lowest BCUT2D eigenvalue weighted by molar-refractivity contribution is -0.385. The number of carbonyl (C=O) groups is 1. The number of rotatable bonds is 4. The highest BCUT2D eigenvalue weighted by atomic mass is 19.1. The molecule has 0 atom stereocenters. The highest BCUT2D eigenvalue weighted by Gasteiger charge is 2.17. The summed E-state index contributed by atoms with van der Waals surface area (Å²) in [6, 6.07) is 6.18. The summed E-state index contributed by atoms with van der Waals surface area (Å²) in [6.45, 7) is 0. The van der Waals surface area contributed by atoms with Gasteiger partial charge in [0.2, 0.25) is 5.95 Å². The number of hydrogen-bond donors (Lipinski definition) is 1. The number of nitro groups is 1. The molecule has 2 rings (SSSR count). The van der Waals surface area contributed by atoms with E-state index in [1.54, 1.807) is 0 Å². The molecule has 0 saturated heterocycles. The van der Waals surface area contributed by atoms with E-state index in [9.17, 15) is 19.3 Å². The number of amides is 1. The summed E-state index contributed by atoms with van der Waals surface area (Å²) >= 11 is 0. The van der Waals surface area contributed by atoms with Gasteiger partial charge in [-0.3, -0.25) is 14.9 Å². The van der Waals surface area contributed by atoms with Crippen LogP contribution < -0.4 is 10.1 Å². The molecule has 0 aliphatic rings. The molecule has 1 aromatic carbocycles. The summed E-state index contributed by atoms with van der Waals surface area (Å²) < 4.78 is 17.5. The Morgan fingerprint density at radius 1 is 1.38 bits per heavy atom. The largest absolute Gasteiger partial charge is 0.490 e. The van der Waals surface area contributed by atoms with Gasteiger partial charge in [0.25, 0.3) is 5.91 Å². The van der Waals surface area contributed by atoms with Crippen LogP contribution in [0.25, 0.3) is 0 Å². The van der Waals surface area contributed by atoms with E-state index in [2.05, 4.69) is 10.3 Å². The van der Waals surface area contributed by atoms with Gasteiger partial charge >= 0.3 is 5.69 Å². The van der Waals surface area contributed by atoms with Crippen molar-refractivity contribution in [2.24, 2.45) is 0 Å². The molecule has 0 unspecified atom stereocenters. The first-order valence-electron chi connectivity index (χ1n) is 5.76. The Hall–Kier alpha value is -3.03. The summed E-state index contributed by atoms with van der Waals surface area (Å²) in [7, 11) is 1.27. The molecule has 0 saturated carbocycles. The van der Waals surface area contributed by atoms with Crippen molar-refractivity contribution in [3.8, 4) is 5.75 Å². The van der Waals surface area contributed by atoms with Crippen molar-refractivity contribution in [2.75, 3.05) is 12.4 Å². The van der Waals surface area contributed by atoms with Crippen LogP contribution in [0.1, 0.15) is 10.4 Å². The molecule has 1 heterocycles. The van der Waals surface area contributed by atoms with Gasteiger partial charge in [-0.15, -0.1) is 0 Å².